The lowest BCUT2D eigenvalue weighted by Gasteiger charge is -2.35. The lowest BCUT2D eigenvalue weighted by molar-refractivity contribution is 0.0162. The van der Waals surface area contributed by atoms with Crippen LogP contribution in [0.25, 0.3) is 11.3 Å². The number of benzene rings is 2. The number of nitrogens with zero attached hydrogens (tertiary/aromatic N) is 2. The zero-order chi connectivity index (χ0) is 21.8. The molecule has 4 rings (SSSR count). The molecule has 2 heterocycles. The van der Waals surface area contributed by atoms with Crippen molar-refractivity contribution in [2.75, 3.05) is 32.8 Å². The molecule has 1 fully saturated rings. The van der Waals surface area contributed by atoms with Crippen molar-refractivity contribution in [1.82, 2.24) is 15.4 Å². The van der Waals surface area contributed by atoms with E-state index in [1.165, 1.54) is 11.1 Å². The molecule has 1 aliphatic rings. The highest BCUT2D eigenvalue weighted by Crippen LogP contribution is 2.31. The van der Waals surface area contributed by atoms with Crippen molar-refractivity contribution in [3.8, 4) is 11.3 Å². The summed E-state index contributed by atoms with van der Waals surface area (Å²) < 4.78 is 10.9. The molecule has 1 aromatic heterocycles. The molecule has 0 saturated carbocycles. The molecule has 1 unspecified atom stereocenters. The third kappa shape index (κ3) is 4.82. The summed E-state index contributed by atoms with van der Waals surface area (Å²) in [6.45, 7) is 7.32. The SMILES string of the molecule is Cc1cccc(C(CNC(=O)c2c(-c3ccccc3Cl)noc2C)N2CCOCC2)c1. The first-order valence-corrected chi connectivity index (χ1v) is 10.8. The summed E-state index contributed by atoms with van der Waals surface area (Å²) in [4.78, 5) is 15.6. The summed E-state index contributed by atoms with van der Waals surface area (Å²) in [6.07, 6.45) is 0. The van der Waals surface area contributed by atoms with Crippen LogP contribution in [-0.2, 0) is 4.74 Å². The molecule has 162 valence electrons. The van der Waals surface area contributed by atoms with Gasteiger partial charge in [-0.3, -0.25) is 9.69 Å². The second-order valence-corrected chi connectivity index (χ2v) is 8.14. The normalized spacial score (nSPS) is 15.6. The van der Waals surface area contributed by atoms with E-state index in [2.05, 4.69) is 46.6 Å². The van der Waals surface area contributed by atoms with Crippen LogP contribution in [0.1, 0.15) is 33.3 Å². The monoisotopic (exact) mass is 439 g/mol. The van der Waals surface area contributed by atoms with Crippen molar-refractivity contribution in [3.63, 3.8) is 0 Å². The molecule has 0 aliphatic carbocycles. The van der Waals surface area contributed by atoms with Gasteiger partial charge in [-0.25, -0.2) is 0 Å². The van der Waals surface area contributed by atoms with Gasteiger partial charge in [0.15, 0.2) is 0 Å². The highest BCUT2D eigenvalue weighted by molar-refractivity contribution is 6.33. The second-order valence-electron chi connectivity index (χ2n) is 7.73. The van der Waals surface area contributed by atoms with E-state index in [1.54, 1.807) is 13.0 Å². The molecule has 1 saturated heterocycles. The Kier molecular flexibility index (Phi) is 6.70. The Balaban J connectivity index is 1.57. The fraction of sp³-hybridized carbons (Fsp3) is 0.333. The van der Waals surface area contributed by atoms with E-state index >= 15 is 0 Å². The van der Waals surface area contributed by atoms with Crippen molar-refractivity contribution < 1.29 is 14.1 Å². The van der Waals surface area contributed by atoms with Crippen LogP contribution < -0.4 is 5.32 Å². The van der Waals surface area contributed by atoms with Crippen molar-refractivity contribution in [1.29, 1.82) is 0 Å². The van der Waals surface area contributed by atoms with Crippen LogP contribution in [0, 0.1) is 13.8 Å². The molecule has 1 atom stereocenters. The number of rotatable bonds is 6. The van der Waals surface area contributed by atoms with Gasteiger partial charge in [0, 0.05) is 25.2 Å². The van der Waals surface area contributed by atoms with E-state index in [-0.39, 0.29) is 11.9 Å². The summed E-state index contributed by atoms with van der Waals surface area (Å²) in [7, 11) is 0. The van der Waals surface area contributed by atoms with Gasteiger partial charge >= 0.3 is 0 Å². The number of carbonyl (C=O) groups is 1. The molecule has 6 nitrogen and oxygen atoms in total. The Morgan fingerprint density at radius 3 is 2.68 bits per heavy atom. The van der Waals surface area contributed by atoms with E-state index in [1.807, 2.05) is 18.2 Å². The Hall–Kier alpha value is -2.67. The predicted octanol–water partition coefficient (Wildman–Crippen LogP) is 4.42. The van der Waals surface area contributed by atoms with Gasteiger partial charge in [-0.1, -0.05) is 64.8 Å². The quantitative estimate of drug-likeness (QED) is 0.616. The molecule has 1 N–H and O–H groups in total. The summed E-state index contributed by atoms with van der Waals surface area (Å²) in [5.74, 6) is 0.241. The second kappa shape index (κ2) is 9.64. The minimum absolute atomic E-state index is 0.0525. The Morgan fingerprint density at radius 1 is 1.16 bits per heavy atom. The summed E-state index contributed by atoms with van der Waals surface area (Å²) in [5.41, 5.74) is 3.92. The van der Waals surface area contributed by atoms with Gasteiger partial charge in [0.1, 0.15) is 17.0 Å². The summed E-state index contributed by atoms with van der Waals surface area (Å²) in [6, 6.07) is 15.8. The summed E-state index contributed by atoms with van der Waals surface area (Å²) in [5, 5.41) is 7.74. The number of ether oxygens (including phenoxy) is 1. The Labute approximate surface area is 187 Å². The number of aromatic nitrogens is 1. The zero-order valence-corrected chi connectivity index (χ0v) is 18.5. The molecule has 3 aromatic rings. The maximum Gasteiger partial charge on any atom is 0.257 e. The minimum atomic E-state index is -0.223. The summed E-state index contributed by atoms with van der Waals surface area (Å²) >= 11 is 6.34. The Bertz CT molecular complexity index is 1060. The van der Waals surface area contributed by atoms with Gasteiger partial charge in [0.25, 0.3) is 5.91 Å². The predicted molar refractivity (Wildman–Crippen MR) is 120 cm³/mol. The Morgan fingerprint density at radius 2 is 1.94 bits per heavy atom. The first-order valence-electron chi connectivity index (χ1n) is 10.4. The largest absolute Gasteiger partial charge is 0.379 e. The lowest BCUT2D eigenvalue weighted by Crippen LogP contribution is -2.44. The molecule has 0 bridgehead atoms. The third-order valence-electron chi connectivity index (χ3n) is 5.59. The molecule has 7 heteroatoms. The van der Waals surface area contributed by atoms with Crippen LogP contribution in [0.15, 0.2) is 53.1 Å². The maximum absolute atomic E-state index is 13.2. The lowest BCUT2D eigenvalue weighted by atomic mass is 10.0. The van der Waals surface area contributed by atoms with Crippen molar-refractivity contribution >= 4 is 17.5 Å². The van der Waals surface area contributed by atoms with Crippen molar-refractivity contribution in [3.05, 3.63) is 76.0 Å². The maximum atomic E-state index is 13.2. The highest BCUT2D eigenvalue weighted by atomic mass is 35.5. The average Bonchev–Trinajstić information content (AvgIpc) is 3.16. The molecular formula is C24H26ClN3O3. The van der Waals surface area contributed by atoms with Crippen LogP contribution in [0.5, 0.6) is 0 Å². The number of hydrogen-bond donors (Lipinski definition) is 1. The number of morpholine rings is 1. The van der Waals surface area contributed by atoms with Gasteiger partial charge < -0.3 is 14.6 Å². The van der Waals surface area contributed by atoms with E-state index in [4.69, 9.17) is 20.9 Å². The molecule has 0 radical (unpaired) electrons. The highest BCUT2D eigenvalue weighted by Gasteiger charge is 2.26. The first-order chi connectivity index (χ1) is 15.0. The number of nitrogens with one attached hydrogen (secondary N) is 1. The third-order valence-corrected chi connectivity index (χ3v) is 5.92. The van der Waals surface area contributed by atoms with Gasteiger partial charge in [-0.05, 0) is 25.5 Å². The minimum Gasteiger partial charge on any atom is -0.379 e. The van der Waals surface area contributed by atoms with Gasteiger partial charge in [0.2, 0.25) is 0 Å². The van der Waals surface area contributed by atoms with E-state index < -0.39 is 0 Å². The van der Waals surface area contributed by atoms with E-state index in [0.29, 0.717) is 47.4 Å². The standard InChI is InChI=1S/C24H26ClN3O3/c1-16-6-5-7-18(14-16)21(28-10-12-30-13-11-28)15-26-24(29)22-17(2)31-27-23(22)19-8-3-4-9-20(19)25/h3-9,14,21H,10-13,15H2,1-2H3,(H,26,29). The van der Waals surface area contributed by atoms with Crippen LogP contribution in [0.3, 0.4) is 0 Å². The van der Waals surface area contributed by atoms with E-state index in [9.17, 15) is 4.79 Å². The van der Waals surface area contributed by atoms with Crippen LogP contribution >= 0.6 is 11.6 Å². The number of amides is 1. The zero-order valence-electron chi connectivity index (χ0n) is 17.7. The number of carbonyl (C=O) groups excluding carboxylic acids is 1. The smallest absolute Gasteiger partial charge is 0.257 e. The number of hydrogen-bond acceptors (Lipinski definition) is 5. The van der Waals surface area contributed by atoms with Gasteiger partial charge in [-0.2, -0.15) is 0 Å². The molecule has 31 heavy (non-hydrogen) atoms. The molecule has 1 amide bonds. The van der Waals surface area contributed by atoms with Crippen LogP contribution in [-0.4, -0.2) is 48.8 Å². The number of halogens is 1. The molecule has 0 spiro atoms. The molecule has 2 aromatic carbocycles. The van der Waals surface area contributed by atoms with Gasteiger partial charge in [-0.15, -0.1) is 0 Å². The molecular weight excluding hydrogens is 414 g/mol. The van der Waals surface area contributed by atoms with Crippen molar-refractivity contribution in [2.45, 2.75) is 19.9 Å². The van der Waals surface area contributed by atoms with Crippen molar-refractivity contribution in [2.24, 2.45) is 0 Å². The van der Waals surface area contributed by atoms with E-state index in [0.717, 1.165) is 13.1 Å². The van der Waals surface area contributed by atoms with Gasteiger partial charge in [0.05, 0.1) is 24.3 Å². The fourth-order valence-corrected chi connectivity index (χ4v) is 4.20. The van der Waals surface area contributed by atoms with Crippen LogP contribution in [0.4, 0.5) is 0 Å². The first kappa shape index (κ1) is 21.6. The number of aryl methyl sites for hydroxylation is 2. The fourth-order valence-electron chi connectivity index (χ4n) is 3.98. The molecule has 1 aliphatic heterocycles. The van der Waals surface area contributed by atoms with Crippen LogP contribution in [0.2, 0.25) is 5.02 Å². The topological polar surface area (TPSA) is 67.6 Å². The average molecular weight is 440 g/mol.